The normalized spacial score (nSPS) is 19.4. The Bertz CT molecular complexity index is 1800. The van der Waals surface area contributed by atoms with Crippen molar-refractivity contribution in [1.82, 2.24) is 10.2 Å². The van der Waals surface area contributed by atoms with Gasteiger partial charge in [-0.05, 0) is 48.4 Å². The van der Waals surface area contributed by atoms with Crippen molar-refractivity contribution >= 4 is 29.4 Å². The number of carbonyl (C=O) groups excluding carboxylic acids is 4. The van der Waals surface area contributed by atoms with Gasteiger partial charge in [0.25, 0.3) is 11.8 Å². The first-order valence-electron chi connectivity index (χ1n) is 17.0. The zero-order valence-corrected chi connectivity index (χ0v) is 27.9. The van der Waals surface area contributed by atoms with Gasteiger partial charge in [0.1, 0.15) is 11.8 Å². The third-order valence-corrected chi connectivity index (χ3v) is 9.18. The summed E-state index contributed by atoms with van der Waals surface area (Å²) in [5, 5.41) is 12.5. The molecule has 0 saturated carbocycles. The van der Waals surface area contributed by atoms with Crippen molar-refractivity contribution < 1.29 is 33.8 Å². The van der Waals surface area contributed by atoms with Gasteiger partial charge in [0.2, 0.25) is 5.91 Å². The van der Waals surface area contributed by atoms with E-state index in [1.807, 2.05) is 66.7 Å². The number of rotatable bonds is 13. The Balaban J connectivity index is 1.49. The minimum absolute atomic E-state index is 0.0162. The molecule has 0 radical (unpaired) electrons. The van der Waals surface area contributed by atoms with Crippen molar-refractivity contribution in [3.8, 4) is 5.75 Å². The molecule has 0 bridgehead atoms. The van der Waals surface area contributed by atoms with E-state index < -0.39 is 30.1 Å². The molecule has 2 aliphatic rings. The maximum atomic E-state index is 14.9. The fraction of sp³-hybridized carbons (Fsp3) is 0.300. The standard InChI is InChI=1S/C40H41N3O7/c1-2-49-36(46)26-33-38-37(41-39(47)29-17-10-5-11-18-29)31-25-30(50-22-12-21-44)19-20-32(31)43(38)40(48)34(23-27-13-6-3-7-14-27)42(33)35(45)24-28-15-8-4-9-16-28/h3-11,13-20,25,33-34,37-38,44H,2,12,21-24,26H2,1H3,(H,41,47)/t33?,34-,37-,38+/m0/s1. The van der Waals surface area contributed by atoms with E-state index in [4.69, 9.17) is 9.47 Å². The van der Waals surface area contributed by atoms with Crippen LogP contribution >= 0.6 is 0 Å². The maximum absolute atomic E-state index is 14.9. The largest absolute Gasteiger partial charge is 0.493 e. The van der Waals surface area contributed by atoms with Gasteiger partial charge in [-0.3, -0.25) is 19.2 Å². The van der Waals surface area contributed by atoms with Crippen LogP contribution in [0.4, 0.5) is 5.69 Å². The van der Waals surface area contributed by atoms with Crippen LogP contribution in [0.3, 0.4) is 0 Å². The lowest BCUT2D eigenvalue weighted by Gasteiger charge is -2.50. The number of fused-ring (bicyclic) bond motifs is 3. The molecule has 0 spiro atoms. The molecule has 3 amide bonds. The number of ether oxygens (including phenoxy) is 2. The molecule has 4 aromatic rings. The lowest BCUT2D eigenvalue weighted by Crippen LogP contribution is -2.70. The van der Waals surface area contributed by atoms with Gasteiger partial charge in [-0.2, -0.15) is 0 Å². The second-order valence-electron chi connectivity index (χ2n) is 12.4. The fourth-order valence-corrected chi connectivity index (χ4v) is 7.00. The second-order valence-corrected chi connectivity index (χ2v) is 12.4. The highest BCUT2D eigenvalue weighted by atomic mass is 16.5. The lowest BCUT2D eigenvalue weighted by molar-refractivity contribution is -0.152. The Morgan fingerprint density at radius 3 is 2.18 bits per heavy atom. The molecule has 10 nitrogen and oxygen atoms in total. The number of carbonyl (C=O) groups is 4. The van der Waals surface area contributed by atoms with Crippen molar-refractivity contribution in [3.05, 3.63) is 131 Å². The number of aliphatic hydroxyl groups is 1. The van der Waals surface area contributed by atoms with Crippen LogP contribution in [0.5, 0.6) is 5.75 Å². The van der Waals surface area contributed by atoms with E-state index in [1.165, 1.54) is 0 Å². The topological polar surface area (TPSA) is 125 Å². The van der Waals surface area contributed by atoms with E-state index in [0.717, 1.165) is 11.1 Å². The molecule has 4 aromatic carbocycles. The Kier molecular flexibility index (Phi) is 10.9. The van der Waals surface area contributed by atoms with E-state index in [-0.39, 0.29) is 56.8 Å². The second kappa shape index (κ2) is 15.8. The quantitative estimate of drug-likeness (QED) is 0.156. The third kappa shape index (κ3) is 7.40. The highest BCUT2D eigenvalue weighted by molar-refractivity contribution is 6.05. The minimum Gasteiger partial charge on any atom is -0.493 e. The molecule has 4 atom stereocenters. The number of esters is 1. The Labute approximate surface area is 291 Å². The van der Waals surface area contributed by atoms with Crippen LogP contribution in [0.1, 0.15) is 52.9 Å². The zero-order valence-electron chi connectivity index (χ0n) is 27.9. The molecule has 50 heavy (non-hydrogen) atoms. The van der Waals surface area contributed by atoms with Crippen LogP contribution in [-0.2, 0) is 32.0 Å². The van der Waals surface area contributed by atoms with Gasteiger partial charge in [-0.15, -0.1) is 0 Å². The molecular formula is C40H41N3O7. The number of piperazine rings is 1. The number of benzene rings is 4. The first-order chi connectivity index (χ1) is 24.4. The van der Waals surface area contributed by atoms with Crippen LogP contribution in [0.15, 0.2) is 109 Å². The number of nitrogens with zero attached hydrogens (tertiary/aromatic N) is 2. The van der Waals surface area contributed by atoms with E-state index in [0.29, 0.717) is 29.0 Å². The first-order valence-corrected chi connectivity index (χ1v) is 17.0. The van der Waals surface area contributed by atoms with E-state index in [2.05, 4.69) is 5.32 Å². The molecule has 258 valence electrons. The Hall–Kier alpha value is -5.48. The van der Waals surface area contributed by atoms with Gasteiger partial charge in [0, 0.05) is 36.3 Å². The SMILES string of the molecule is CCOC(=O)CC1[C@@H]2[C@@H](NC(=O)c3ccccc3)c3cc(OCCCO)ccc3N2C(=O)[C@H](Cc2ccccc2)N1C(=O)Cc1ccccc1. The predicted octanol–water partition coefficient (Wildman–Crippen LogP) is 4.65. The van der Waals surface area contributed by atoms with Crippen molar-refractivity contribution in [3.63, 3.8) is 0 Å². The summed E-state index contributed by atoms with van der Waals surface area (Å²) in [4.78, 5) is 59.9. The van der Waals surface area contributed by atoms with Crippen LogP contribution in [0.25, 0.3) is 0 Å². The van der Waals surface area contributed by atoms with Gasteiger partial charge in [-0.1, -0.05) is 78.9 Å². The number of amides is 3. The molecule has 1 unspecified atom stereocenters. The van der Waals surface area contributed by atoms with Crippen LogP contribution < -0.4 is 15.0 Å². The van der Waals surface area contributed by atoms with Crippen LogP contribution in [0, 0.1) is 0 Å². The van der Waals surface area contributed by atoms with E-state index in [9.17, 15) is 24.3 Å². The van der Waals surface area contributed by atoms with Crippen molar-refractivity contribution in [2.45, 2.75) is 56.8 Å². The van der Waals surface area contributed by atoms with Gasteiger partial charge in [0.05, 0.1) is 44.2 Å². The van der Waals surface area contributed by atoms with E-state index >= 15 is 0 Å². The summed E-state index contributed by atoms with van der Waals surface area (Å²) in [6.45, 7) is 2.11. The summed E-state index contributed by atoms with van der Waals surface area (Å²) in [6.07, 6.45) is 0.475. The number of anilines is 1. The molecule has 0 aromatic heterocycles. The molecular weight excluding hydrogens is 634 g/mol. The number of aliphatic hydroxyl groups excluding tert-OH is 1. The Morgan fingerprint density at radius 1 is 0.860 bits per heavy atom. The molecule has 1 saturated heterocycles. The predicted molar refractivity (Wildman–Crippen MR) is 188 cm³/mol. The average Bonchev–Trinajstić information content (AvgIpc) is 3.45. The molecule has 2 N–H and O–H groups in total. The number of nitrogens with one attached hydrogen (secondary N) is 1. The van der Waals surface area contributed by atoms with Gasteiger partial charge in [-0.25, -0.2) is 0 Å². The highest BCUT2D eigenvalue weighted by Crippen LogP contribution is 2.47. The van der Waals surface area contributed by atoms with Gasteiger partial charge >= 0.3 is 5.97 Å². The average molecular weight is 676 g/mol. The summed E-state index contributed by atoms with van der Waals surface area (Å²) in [6, 6.07) is 29.4. The summed E-state index contributed by atoms with van der Waals surface area (Å²) >= 11 is 0. The molecule has 10 heteroatoms. The fourth-order valence-electron chi connectivity index (χ4n) is 7.00. The summed E-state index contributed by atoms with van der Waals surface area (Å²) in [7, 11) is 0. The summed E-state index contributed by atoms with van der Waals surface area (Å²) in [5.41, 5.74) is 3.24. The monoisotopic (exact) mass is 675 g/mol. The van der Waals surface area contributed by atoms with Crippen molar-refractivity contribution in [2.24, 2.45) is 0 Å². The first kappa shape index (κ1) is 34.4. The van der Waals surface area contributed by atoms with Crippen molar-refractivity contribution in [2.75, 3.05) is 24.7 Å². The van der Waals surface area contributed by atoms with Gasteiger partial charge < -0.3 is 29.7 Å². The molecule has 6 rings (SSSR count). The molecule has 2 aliphatic heterocycles. The Morgan fingerprint density at radius 2 is 1.52 bits per heavy atom. The molecule has 0 aliphatic carbocycles. The third-order valence-electron chi connectivity index (χ3n) is 9.18. The van der Waals surface area contributed by atoms with Crippen molar-refractivity contribution in [1.29, 1.82) is 0 Å². The summed E-state index contributed by atoms with van der Waals surface area (Å²) in [5.74, 6) is -1.00. The molecule has 1 fully saturated rings. The lowest BCUT2D eigenvalue weighted by atomic mass is 9.87. The smallest absolute Gasteiger partial charge is 0.307 e. The number of hydrogen-bond donors (Lipinski definition) is 2. The number of hydrogen-bond acceptors (Lipinski definition) is 7. The molecule has 2 heterocycles. The van der Waals surface area contributed by atoms with E-state index in [1.54, 1.807) is 59.2 Å². The summed E-state index contributed by atoms with van der Waals surface area (Å²) < 4.78 is 11.4. The van der Waals surface area contributed by atoms with Crippen LogP contribution in [0.2, 0.25) is 0 Å². The van der Waals surface area contributed by atoms with Crippen LogP contribution in [-0.4, -0.2) is 71.6 Å². The minimum atomic E-state index is -0.943. The highest BCUT2D eigenvalue weighted by Gasteiger charge is 2.57. The zero-order chi connectivity index (χ0) is 35.0. The maximum Gasteiger partial charge on any atom is 0.307 e. The van der Waals surface area contributed by atoms with Gasteiger partial charge in [0.15, 0.2) is 0 Å².